The molecule has 3 nitrogen and oxygen atoms in total. The molecule has 1 aromatic carbocycles. The summed E-state index contributed by atoms with van der Waals surface area (Å²) in [4.78, 5) is 4.84. The summed E-state index contributed by atoms with van der Waals surface area (Å²) in [6.07, 6.45) is 16.2. The van der Waals surface area contributed by atoms with Crippen molar-refractivity contribution in [3.63, 3.8) is 0 Å². The number of hydrogen-bond acceptors (Lipinski definition) is 3. The van der Waals surface area contributed by atoms with Crippen molar-refractivity contribution in [1.29, 1.82) is 0 Å². The van der Waals surface area contributed by atoms with Crippen LogP contribution in [0.4, 0.5) is 0 Å². The molecule has 28 heavy (non-hydrogen) atoms. The Hall–Kier alpha value is -1.51. The minimum absolute atomic E-state index is 0.780. The van der Waals surface area contributed by atoms with E-state index in [4.69, 9.17) is 14.5 Å². The zero-order valence-corrected chi connectivity index (χ0v) is 18.5. The number of nitrogens with zero attached hydrogens (tertiary/aromatic N) is 1. The minimum Gasteiger partial charge on any atom is -0.493 e. The van der Waals surface area contributed by atoms with Crippen LogP contribution in [0.1, 0.15) is 102 Å². The van der Waals surface area contributed by atoms with Gasteiger partial charge < -0.3 is 9.47 Å². The molecule has 0 spiro atoms. The first kappa shape index (κ1) is 22.8. The van der Waals surface area contributed by atoms with Crippen LogP contribution in [0.15, 0.2) is 17.1 Å². The average molecular weight is 388 g/mol. The van der Waals surface area contributed by atoms with E-state index >= 15 is 0 Å². The van der Waals surface area contributed by atoms with Crippen molar-refractivity contribution in [3.8, 4) is 11.5 Å². The van der Waals surface area contributed by atoms with E-state index in [1.165, 1.54) is 81.0 Å². The van der Waals surface area contributed by atoms with Crippen LogP contribution in [0, 0.1) is 0 Å². The molecule has 0 saturated carbocycles. The van der Waals surface area contributed by atoms with Crippen molar-refractivity contribution in [1.82, 2.24) is 0 Å². The van der Waals surface area contributed by atoms with Crippen molar-refractivity contribution < 1.29 is 9.47 Å². The second-order valence-corrected chi connectivity index (χ2v) is 7.98. The molecule has 158 valence electrons. The molecule has 0 amide bonds. The molecule has 0 radical (unpaired) electrons. The lowest BCUT2D eigenvalue weighted by Crippen LogP contribution is -2.15. The van der Waals surface area contributed by atoms with E-state index in [1.54, 1.807) is 7.11 Å². The second kappa shape index (κ2) is 13.6. The maximum absolute atomic E-state index is 6.26. The molecule has 1 heterocycles. The van der Waals surface area contributed by atoms with Crippen LogP contribution >= 0.6 is 0 Å². The number of hydrogen-bond donors (Lipinski definition) is 0. The second-order valence-electron chi connectivity index (χ2n) is 7.98. The van der Waals surface area contributed by atoms with Crippen LogP contribution < -0.4 is 9.47 Å². The van der Waals surface area contributed by atoms with Gasteiger partial charge in [-0.25, -0.2) is 0 Å². The Morgan fingerprint density at radius 3 is 2.25 bits per heavy atom. The van der Waals surface area contributed by atoms with E-state index in [-0.39, 0.29) is 0 Å². The molecule has 0 saturated heterocycles. The Labute approximate surface area is 172 Å². The van der Waals surface area contributed by atoms with Gasteiger partial charge in [0.25, 0.3) is 0 Å². The molecule has 3 heteroatoms. The molecule has 2 rings (SSSR count). The fourth-order valence-corrected chi connectivity index (χ4v) is 4.00. The molecule has 1 aromatic rings. The molecule has 1 aliphatic heterocycles. The molecule has 0 aromatic heterocycles. The van der Waals surface area contributed by atoms with E-state index in [9.17, 15) is 0 Å². The Kier molecular flexibility index (Phi) is 11.1. The Balaban J connectivity index is 1.94. The van der Waals surface area contributed by atoms with Crippen molar-refractivity contribution in [3.05, 3.63) is 23.3 Å². The van der Waals surface area contributed by atoms with Crippen LogP contribution in [-0.4, -0.2) is 26.0 Å². The normalized spacial score (nSPS) is 13.2. The lowest BCUT2D eigenvalue weighted by molar-refractivity contribution is 0.281. The van der Waals surface area contributed by atoms with Crippen molar-refractivity contribution in [2.45, 2.75) is 97.3 Å². The van der Waals surface area contributed by atoms with E-state index in [1.807, 2.05) is 0 Å². The van der Waals surface area contributed by atoms with Crippen LogP contribution in [0.3, 0.4) is 0 Å². The van der Waals surface area contributed by atoms with Gasteiger partial charge in [0.2, 0.25) is 0 Å². The highest BCUT2D eigenvalue weighted by Crippen LogP contribution is 2.36. The monoisotopic (exact) mass is 387 g/mol. The first-order valence-corrected chi connectivity index (χ1v) is 11.7. The lowest BCUT2D eigenvalue weighted by Gasteiger charge is -2.22. The molecule has 0 atom stereocenters. The number of fused-ring (bicyclic) bond motifs is 1. The smallest absolute Gasteiger partial charge is 0.165 e. The largest absolute Gasteiger partial charge is 0.493 e. The molecular formula is C25H41NO2. The molecule has 0 fully saturated rings. The maximum atomic E-state index is 6.26. The highest BCUT2D eigenvalue weighted by molar-refractivity contribution is 6.03. The van der Waals surface area contributed by atoms with E-state index in [2.05, 4.69) is 26.0 Å². The summed E-state index contributed by atoms with van der Waals surface area (Å²) in [5.74, 6) is 1.83. The summed E-state index contributed by atoms with van der Waals surface area (Å²) in [5, 5.41) is 0. The Morgan fingerprint density at radius 1 is 0.857 bits per heavy atom. The zero-order valence-electron chi connectivity index (χ0n) is 18.5. The zero-order chi connectivity index (χ0) is 20.0. The highest BCUT2D eigenvalue weighted by atomic mass is 16.5. The third kappa shape index (κ3) is 7.14. The van der Waals surface area contributed by atoms with Crippen LogP contribution in [0.2, 0.25) is 0 Å². The number of benzene rings is 1. The van der Waals surface area contributed by atoms with Gasteiger partial charge in [0.1, 0.15) is 0 Å². The van der Waals surface area contributed by atoms with Crippen molar-refractivity contribution in [2.24, 2.45) is 4.99 Å². The first-order chi connectivity index (χ1) is 13.8. The summed E-state index contributed by atoms with van der Waals surface area (Å²) < 4.78 is 11.9. The standard InChI is InChI=1S/C25H41NO2/c1-4-6-8-10-12-14-20-28-25-22-18-19-26-23(15-13-11-9-7-5-2)21(22)16-17-24(25)27-3/h16-17H,4-15,18-20H2,1-3H3. The average Bonchev–Trinajstić information content (AvgIpc) is 2.73. The Morgan fingerprint density at radius 2 is 1.54 bits per heavy atom. The quantitative estimate of drug-likeness (QED) is 0.299. The third-order valence-corrected chi connectivity index (χ3v) is 5.68. The number of aliphatic imine (C=N–C) groups is 1. The van der Waals surface area contributed by atoms with Gasteiger partial charge in [-0.05, 0) is 37.8 Å². The number of rotatable bonds is 15. The number of ether oxygens (including phenoxy) is 2. The SMILES string of the molecule is CCCCCCCCOc1c(OC)ccc2c1CCN=C2CCCCCCC. The van der Waals surface area contributed by atoms with Crippen molar-refractivity contribution >= 4 is 5.71 Å². The summed E-state index contributed by atoms with van der Waals surface area (Å²) in [6, 6.07) is 4.25. The van der Waals surface area contributed by atoms with Crippen molar-refractivity contribution in [2.75, 3.05) is 20.3 Å². The molecule has 0 bridgehead atoms. The third-order valence-electron chi connectivity index (χ3n) is 5.68. The van der Waals surface area contributed by atoms with Gasteiger partial charge in [0.15, 0.2) is 11.5 Å². The summed E-state index contributed by atoms with van der Waals surface area (Å²) in [6.45, 7) is 6.18. The van der Waals surface area contributed by atoms with Gasteiger partial charge in [0, 0.05) is 23.4 Å². The molecule has 0 unspecified atom stereocenters. The maximum Gasteiger partial charge on any atom is 0.165 e. The fraction of sp³-hybridized carbons (Fsp3) is 0.720. The fourth-order valence-electron chi connectivity index (χ4n) is 4.00. The summed E-state index contributed by atoms with van der Waals surface area (Å²) >= 11 is 0. The van der Waals surface area contributed by atoms with Gasteiger partial charge in [-0.1, -0.05) is 71.6 Å². The Bertz CT molecular complexity index is 594. The predicted octanol–water partition coefficient (Wildman–Crippen LogP) is 7.14. The van der Waals surface area contributed by atoms with Crippen LogP contribution in [0.5, 0.6) is 11.5 Å². The van der Waals surface area contributed by atoms with E-state index in [0.29, 0.717) is 0 Å². The lowest BCUT2D eigenvalue weighted by atomic mass is 9.93. The van der Waals surface area contributed by atoms with Gasteiger partial charge in [-0.2, -0.15) is 0 Å². The number of unbranched alkanes of at least 4 members (excludes halogenated alkanes) is 9. The topological polar surface area (TPSA) is 30.8 Å². The van der Waals surface area contributed by atoms with Crippen LogP contribution in [-0.2, 0) is 6.42 Å². The van der Waals surface area contributed by atoms with Gasteiger partial charge in [-0.15, -0.1) is 0 Å². The van der Waals surface area contributed by atoms with E-state index < -0.39 is 0 Å². The minimum atomic E-state index is 0.780. The van der Waals surface area contributed by atoms with E-state index in [0.717, 1.165) is 43.9 Å². The van der Waals surface area contributed by atoms with Gasteiger partial charge in [-0.3, -0.25) is 4.99 Å². The molecule has 0 aliphatic carbocycles. The van der Waals surface area contributed by atoms with Gasteiger partial charge in [0.05, 0.1) is 13.7 Å². The summed E-state index contributed by atoms with van der Waals surface area (Å²) in [7, 11) is 1.74. The molecule has 1 aliphatic rings. The molecule has 0 N–H and O–H groups in total. The predicted molar refractivity (Wildman–Crippen MR) is 120 cm³/mol. The van der Waals surface area contributed by atoms with Crippen LogP contribution in [0.25, 0.3) is 0 Å². The number of methoxy groups -OCH3 is 1. The highest BCUT2D eigenvalue weighted by Gasteiger charge is 2.21. The first-order valence-electron chi connectivity index (χ1n) is 11.7. The molecular weight excluding hydrogens is 346 g/mol. The summed E-state index contributed by atoms with van der Waals surface area (Å²) in [5.41, 5.74) is 3.87. The van der Waals surface area contributed by atoms with Gasteiger partial charge >= 0.3 is 0 Å².